The lowest BCUT2D eigenvalue weighted by molar-refractivity contribution is 0.159. The first-order chi connectivity index (χ1) is 11.3. The number of hydrogen-bond acceptors (Lipinski definition) is 4. The summed E-state index contributed by atoms with van der Waals surface area (Å²) in [5.74, 6) is 1.18. The second-order valence-corrected chi connectivity index (χ2v) is 7.75. The van der Waals surface area contributed by atoms with Gasteiger partial charge in [0.05, 0.1) is 12.2 Å². The number of thioether (sulfide) groups is 1. The Balaban J connectivity index is 2.16. The summed E-state index contributed by atoms with van der Waals surface area (Å²) in [4.78, 5) is 0. The highest BCUT2D eigenvalue weighted by atomic mass is 32.2. The molecule has 0 unspecified atom stereocenters. The molecule has 0 aromatic heterocycles. The SMILES string of the molecule is N#CCCCCCC[C@H]1SC[C@@H](O)[C@H]1C=CCCCCCCO. The zero-order valence-corrected chi connectivity index (χ0v) is 15.1. The molecule has 23 heavy (non-hydrogen) atoms. The standard InChI is InChI=1S/C19H33NO2S/c20-14-10-6-3-5-9-13-19-17(18(22)16-23-19)12-8-4-1-2-7-11-15-21/h8,12,17-19,21-22H,1-7,9-11,13,15-16H2/t17-,18-,19-/m1/s1. The molecule has 132 valence electrons. The zero-order chi connectivity index (χ0) is 16.8. The van der Waals surface area contributed by atoms with Gasteiger partial charge in [0, 0.05) is 29.9 Å². The van der Waals surface area contributed by atoms with Crippen molar-refractivity contribution in [2.24, 2.45) is 5.92 Å². The van der Waals surface area contributed by atoms with Crippen LogP contribution in [0.25, 0.3) is 0 Å². The lowest BCUT2D eigenvalue weighted by Crippen LogP contribution is -2.21. The Morgan fingerprint density at radius 2 is 1.78 bits per heavy atom. The Labute approximate surface area is 146 Å². The van der Waals surface area contributed by atoms with Crippen molar-refractivity contribution in [2.45, 2.75) is 82.0 Å². The van der Waals surface area contributed by atoms with Crippen LogP contribution in [-0.2, 0) is 0 Å². The fourth-order valence-corrected chi connectivity index (χ4v) is 4.60. The lowest BCUT2D eigenvalue weighted by Gasteiger charge is -2.17. The smallest absolute Gasteiger partial charge is 0.0703 e. The van der Waals surface area contributed by atoms with Crippen molar-refractivity contribution in [3.05, 3.63) is 12.2 Å². The number of aliphatic hydroxyl groups excluding tert-OH is 2. The summed E-state index contributed by atoms with van der Waals surface area (Å²) in [6.45, 7) is 0.305. The molecule has 3 atom stereocenters. The molecule has 1 rings (SSSR count). The van der Waals surface area contributed by atoms with Gasteiger partial charge in [0.25, 0.3) is 0 Å². The molecular weight excluding hydrogens is 306 g/mol. The number of nitriles is 1. The molecule has 0 aliphatic carbocycles. The minimum Gasteiger partial charge on any atom is -0.396 e. The zero-order valence-electron chi connectivity index (χ0n) is 14.3. The van der Waals surface area contributed by atoms with Crippen molar-refractivity contribution in [2.75, 3.05) is 12.4 Å². The Bertz CT molecular complexity index is 354. The third-order valence-electron chi connectivity index (χ3n) is 4.52. The number of allylic oxidation sites excluding steroid dienone is 1. The number of hydrogen-bond donors (Lipinski definition) is 2. The summed E-state index contributed by atoms with van der Waals surface area (Å²) in [7, 11) is 0. The van der Waals surface area contributed by atoms with Gasteiger partial charge in [0.2, 0.25) is 0 Å². The van der Waals surface area contributed by atoms with Gasteiger partial charge in [-0.05, 0) is 32.1 Å². The van der Waals surface area contributed by atoms with Gasteiger partial charge >= 0.3 is 0 Å². The number of nitrogens with zero attached hydrogens (tertiary/aromatic N) is 1. The molecule has 0 amide bonds. The molecule has 2 N–H and O–H groups in total. The Morgan fingerprint density at radius 1 is 1.04 bits per heavy atom. The van der Waals surface area contributed by atoms with E-state index < -0.39 is 0 Å². The van der Waals surface area contributed by atoms with E-state index in [0.29, 0.717) is 24.2 Å². The van der Waals surface area contributed by atoms with Gasteiger partial charge in [-0.1, -0.05) is 44.3 Å². The topological polar surface area (TPSA) is 64.2 Å². The molecule has 0 spiro atoms. The van der Waals surface area contributed by atoms with E-state index in [0.717, 1.165) is 37.9 Å². The highest BCUT2D eigenvalue weighted by molar-refractivity contribution is 8.00. The maximum absolute atomic E-state index is 10.2. The predicted molar refractivity (Wildman–Crippen MR) is 98.4 cm³/mol. The summed E-state index contributed by atoms with van der Waals surface area (Å²) in [5, 5.41) is 28.0. The summed E-state index contributed by atoms with van der Waals surface area (Å²) in [5.41, 5.74) is 0. The van der Waals surface area contributed by atoms with Gasteiger partial charge in [-0.25, -0.2) is 0 Å². The quantitative estimate of drug-likeness (QED) is 0.384. The molecule has 1 saturated heterocycles. The molecule has 3 nitrogen and oxygen atoms in total. The second kappa shape index (κ2) is 13.9. The van der Waals surface area contributed by atoms with Crippen LogP contribution in [-0.4, -0.2) is 33.9 Å². The van der Waals surface area contributed by atoms with Gasteiger partial charge in [-0.3, -0.25) is 0 Å². The van der Waals surface area contributed by atoms with Crippen molar-refractivity contribution in [1.82, 2.24) is 0 Å². The molecule has 0 bridgehead atoms. The first-order valence-corrected chi connectivity index (χ1v) is 10.3. The molecule has 1 aliphatic heterocycles. The third kappa shape index (κ3) is 9.39. The minimum absolute atomic E-state index is 0.186. The van der Waals surface area contributed by atoms with Crippen LogP contribution in [0.15, 0.2) is 12.2 Å². The van der Waals surface area contributed by atoms with E-state index >= 15 is 0 Å². The molecule has 1 fully saturated rings. The molecular formula is C19H33NO2S. The van der Waals surface area contributed by atoms with Crippen LogP contribution in [0.4, 0.5) is 0 Å². The van der Waals surface area contributed by atoms with Crippen molar-refractivity contribution in [1.29, 1.82) is 5.26 Å². The lowest BCUT2D eigenvalue weighted by atomic mass is 9.94. The number of aliphatic hydroxyl groups is 2. The maximum Gasteiger partial charge on any atom is 0.0703 e. The minimum atomic E-state index is -0.186. The normalized spacial score (nSPS) is 24.3. The Morgan fingerprint density at radius 3 is 2.57 bits per heavy atom. The van der Waals surface area contributed by atoms with Crippen molar-refractivity contribution in [3.8, 4) is 6.07 Å². The molecule has 0 radical (unpaired) electrons. The van der Waals surface area contributed by atoms with E-state index in [1.54, 1.807) is 0 Å². The average Bonchev–Trinajstić information content (AvgIpc) is 2.90. The largest absolute Gasteiger partial charge is 0.396 e. The van der Waals surface area contributed by atoms with Crippen LogP contribution in [0, 0.1) is 17.2 Å². The fourth-order valence-electron chi connectivity index (χ4n) is 3.10. The van der Waals surface area contributed by atoms with Gasteiger partial charge in [0.15, 0.2) is 0 Å². The molecule has 0 aromatic carbocycles. The average molecular weight is 340 g/mol. The van der Waals surface area contributed by atoms with Crippen molar-refractivity contribution < 1.29 is 10.2 Å². The molecule has 4 heteroatoms. The van der Waals surface area contributed by atoms with Crippen LogP contribution < -0.4 is 0 Å². The monoisotopic (exact) mass is 339 g/mol. The second-order valence-electron chi connectivity index (χ2n) is 6.48. The first kappa shape index (κ1) is 20.5. The van der Waals surface area contributed by atoms with E-state index in [2.05, 4.69) is 18.2 Å². The maximum atomic E-state index is 10.2. The fraction of sp³-hybridized carbons (Fsp3) is 0.842. The summed E-state index contributed by atoms with van der Waals surface area (Å²) in [6, 6.07) is 2.20. The van der Waals surface area contributed by atoms with E-state index in [9.17, 15) is 5.11 Å². The summed E-state index contributed by atoms with van der Waals surface area (Å²) in [6.07, 6.45) is 16.2. The van der Waals surface area contributed by atoms with Crippen LogP contribution in [0.5, 0.6) is 0 Å². The van der Waals surface area contributed by atoms with E-state index in [-0.39, 0.29) is 6.10 Å². The predicted octanol–water partition coefficient (Wildman–Crippen LogP) is 4.44. The Hall–Kier alpha value is -0.500. The third-order valence-corrected chi connectivity index (χ3v) is 6.03. The van der Waals surface area contributed by atoms with Gasteiger partial charge in [0.1, 0.15) is 0 Å². The molecule has 1 aliphatic rings. The van der Waals surface area contributed by atoms with E-state index in [1.165, 1.54) is 32.1 Å². The van der Waals surface area contributed by atoms with Gasteiger partial charge in [-0.2, -0.15) is 17.0 Å². The van der Waals surface area contributed by atoms with Crippen LogP contribution in [0.2, 0.25) is 0 Å². The first-order valence-electron chi connectivity index (χ1n) is 9.23. The van der Waals surface area contributed by atoms with Gasteiger partial charge in [-0.15, -0.1) is 0 Å². The van der Waals surface area contributed by atoms with E-state index in [1.807, 2.05) is 11.8 Å². The molecule has 1 heterocycles. The molecule has 0 aromatic rings. The van der Waals surface area contributed by atoms with Crippen molar-refractivity contribution in [3.63, 3.8) is 0 Å². The van der Waals surface area contributed by atoms with Crippen LogP contribution in [0.1, 0.15) is 70.6 Å². The van der Waals surface area contributed by atoms with Crippen LogP contribution in [0.3, 0.4) is 0 Å². The molecule has 0 saturated carbocycles. The highest BCUT2D eigenvalue weighted by Crippen LogP contribution is 2.37. The Kier molecular flexibility index (Phi) is 12.4. The summed E-state index contributed by atoms with van der Waals surface area (Å²) >= 11 is 1.92. The van der Waals surface area contributed by atoms with Gasteiger partial charge < -0.3 is 10.2 Å². The number of rotatable bonds is 13. The van der Waals surface area contributed by atoms with E-state index in [4.69, 9.17) is 10.4 Å². The number of unbranched alkanes of at least 4 members (excludes halogenated alkanes) is 8. The van der Waals surface area contributed by atoms with Crippen molar-refractivity contribution >= 4 is 11.8 Å². The van der Waals surface area contributed by atoms with Crippen LogP contribution >= 0.6 is 11.8 Å². The highest BCUT2D eigenvalue weighted by Gasteiger charge is 2.32. The summed E-state index contributed by atoms with van der Waals surface area (Å²) < 4.78 is 0.